The van der Waals surface area contributed by atoms with Gasteiger partial charge in [-0.15, -0.1) is 0 Å². The van der Waals surface area contributed by atoms with Gasteiger partial charge >= 0.3 is 0 Å². The summed E-state index contributed by atoms with van der Waals surface area (Å²) in [5.41, 5.74) is 0. The van der Waals surface area contributed by atoms with Gasteiger partial charge in [0.2, 0.25) is 5.91 Å². The molecule has 2 atom stereocenters. The summed E-state index contributed by atoms with van der Waals surface area (Å²) in [6.07, 6.45) is 4.46. The van der Waals surface area contributed by atoms with Crippen LogP contribution in [0, 0.1) is 11.8 Å². The smallest absolute Gasteiger partial charge is 0.220 e. The topological polar surface area (TPSA) is 46.2 Å². The Morgan fingerprint density at radius 3 is 2.53 bits per heavy atom. The molecule has 0 saturated heterocycles. The molecule has 15 heavy (non-hydrogen) atoms. The van der Waals surface area contributed by atoms with Gasteiger partial charge in [-0.1, -0.05) is 13.3 Å². The van der Waals surface area contributed by atoms with Crippen LogP contribution in [-0.2, 0) is 9.59 Å². The normalized spacial score (nSPS) is 25.2. The van der Waals surface area contributed by atoms with Gasteiger partial charge in [0.05, 0.1) is 0 Å². The number of nitrogens with one attached hydrogen (secondary N) is 1. The SMILES string of the molecule is CC(=O)CCC(=O)NCC1CCC(C)C1. The largest absolute Gasteiger partial charge is 0.356 e. The highest BCUT2D eigenvalue weighted by Gasteiger charge is 2.21. The molecule has 0 aromatic carbocycles. The van der Waals surface area contributed by atoms with Gasteiger partial charge in [-0.05, 0) is 31.6 Å². The lowest BCUT2D eigenvalue weighted by Crippen LogP contribution is -2.28. The molecule has 0 radical (unpaired) electrons. The van der Waals surface area contributed by atoms with E-state index < -0.39 is 0 Å². The highest BCUT2D eigenvalue weighted by Crippen LogP contribution is 2.29. The summed E-state index contributed by atoms with van der Waals surface area (Å²) in [7, 11) is 0. The third-order valence-electron chi connectivity index (χ3n) is 3.10. The summed E-state index contributed by atoms with van der Waals surface area (Å²) in [6, 6.07) is 0. The highest BCUT2D eigenvalue weighted by atomic mass is 16.2. The summed E-state index contributed by atoms with van der Waals surface area (Å²) in [5, 5.41) is 2.91. The van der Waals surface area contributed by atoms with E-state index in [1.54, 1.807) is 0 Å². The molecule has 0 aromatic heterocycles. The van der Waals surface area contributed by atoms with Gasteiger partial charge in [-0.2, -0.15) is 0 Å². The molecule has 0 aromatic rings. The minimum Gasteiger partial charge on any atom is -0.356 e. The zero-order valence-corrected chi connectivity index (χ0v) is 9.71. The third-order valence-corrected chi connectivity index (χ3v) is 3.10. The molecule has 0 spiro atoms. The lowest BCUT2D eigenvalue weighted by Gasteiger charge is -2.10. The van der Waals surface area contributed by atoms with E-state index in [0.29, 0.717) is 18.8 Å². The van der Waals surface area contributed by atoms with E-state index in [2.05, 4.69) is 12.2 Å². The molecule has 1 saturated carbocycles. The molecule has 0 aliphatic heterocycles. The second-order valence-corrected chi connectivity index (χ2v) is 4.79. The van der Waals surface area contributed by atoms with Crippen molar-refractivity contribution in [1.29, 1.82) is 0 Å². The van der Waals surface area contributed by atoms with Crippen molar-refractivity contribution in [3.05, 3.63) is 0 Å². The van der Waals surface area contributed by atoms with E-state index in [-0.39, 0.29) is 11.7 Å². The number of hydrogen-bond donors (Lipinski definition) is 1. The fourth-order valence-corrected chi connectivity index (χ4v) is 2.15. The van der Waals surface area contributed by atoms with E-state index in [9.17, 15) is 9.59 Å². The first-order valence-corrected chi connectivity index (χ1v) is 5.84. The fourth-order valence-electron chi connectivity index (χ4n) is 2.15. The number of ketones is 1. The Morgan fingerprint density at radius 1 is 1.27 bits per heavy atom. The van der Waals surface area contributed by atoms with Crippen molar-refractivity contribution in [2.45, 2.75) is 46.0 Å². The van der Waals surface area contributed by atoms with Crippen LogP contribution in [0.1, 0.15) is 46.0 Å². The summed E-state index contributed by atoms with van der Waals surface area (Å²) in [6.45, 7) is 4.57. The molecule has 1 amide bonds. The van der Waals surface area contributed by atoms with Crippen LogP contribution in [0.25, 0.3) is 0 Å². The first-order chi connectivity index (χ1) is 7.08. The molecule has 1 N–H and O–H groups in total. The van der Waals surface area contributed by atoms with Gasteiger partial charge < -0.3 is 10.1 Å². The van der Waals surface area contributed by atoms with Crippen molar-refractivity contribution < 1.29 is 9.59 Å². The van der Waals surface area contributed by atoms with E-state index in [4.69, 9.17) is 0 Å². The second kappa shape index (κ2) is 5.89. The lowest BCUT2D eigenvalue weighted by atomic mass is 10.1. The van der Waals surface area contributed by atoms with E-state index in [1.807, 2.05) is 0 Å². The molecule has 1 aliphatic rings. The average Bonchev–Trinajstić information content (AvgIpc) is 2.58. The van der Waals surface area contributed by atoms with E-state index >= 15 is 0 Å². The maximum atomic E-state index is 11.3. The Hall–Kier alpha value is -0.860. The molecule has 1 aliphatic carbocycles. The monoisotopic (exact) mass is 211 g/mol. The Labute approximate surface area is 91.6 Å². The molecule has 3 heteroatoms. The molecule has 86 valence electrons. The molecular weight excluding hydrogens is 190 g/mol. The number of amides is 1. The minimum atomic E-state index is 0.0183. The van der Waals surface area contributed by atoms with E-state index in [0.717, 1.165) is 12.5 Å². The predicted molar refractivity (Wildman–Crippen MR) is 59.4 cm³/mol. The number of carbonyl (C=O) groups excluding carboxylic acids is 2. The fraction of sp³-hybridized carbons (Fsp3) is 0.833. The van der Waals surface area contributed by atoms with Crippen molar-refractivity contribution in [2.24, 2.45) is 11.8 Å². The Kier molecular flexibility index (Phi) is 4.79. The van der Waals surface area contributed by atoms with Crippen LogP contribution in [0.15, 0.2) is 0 Å². The molecule has 0 bridgehead atoms. The Balaban J connectivity index is 2.09. The molecule has 2 unspecified atom stereocenters. The number of Topliss-reactive ketones (excluding diaryl/α,β-unsaturated/α-hetero) is 1. The molecular formula is C12H21NO2. The first kappa shape index (κ1) is 12.2. The first-order valence-electron chi connectivity index (χ1n) is 5.84. The van der Waals surface area contributed by atoms with Gasteiger partial charge in [0.1, 0.15) is 5.78 Å². The van der Waals surface area contributed by atoms with Gasteiger partial charge in [0, 0.05) is 19.4 Å². The van der Waals surface area contributed by atoms with Crippen LogP contribution in [0.3, 0.4) is 0 Å². The zero-order valence-electron chi connectivity index (χ0n) is 9.71. The zero-order chi connectivity index (χ0) is 11.3. The standard InChI is InChI=1S/C12H21NO2/c1-9-3-5-11(7-9)8-13-12(15)6-4-10(2)14/h9,11H,3-8H2,1-2H3,(H,13,15). The van der Waals surface area contributed by atoms with Gasteiger partial charge in [0.25, 0.3) is 0 Å². The van der Waals surface area contributed by atoms with Crippen molar-refractivity contribution >= 4 is 11.7 Å². The summed E-state index contributed by atoms with van der Waals surface area (Å²) < 4.78 is 0. The van der Waals surface area contributed by atoms with Crippen molar-refractivity contribution in [2.75, 3.05) is 6.54 Å². The summed E-state index contributed by atoms with van der Waals surface area (Å²) in [4.78, 5) is 22.0. The second-order valence-electron chi connectivity index (χ2n) is 4.79. The minimum absolute atomic E-state index is 0.0183. The van der Waals surface area contributed by atoms with Crippen LogP contribution >= 0.6 is 0 Å². The lowest BCUT2D eigenvalue weighted by molar-refractivity contribution is -0.124. The third kappa shape index (κ3) is 4.96. The van der Waals surface area contributed by atoms with E-state index in [1.165, 1.54) is 26.2 Å². The summed E-state index contributed by atoms with van der Waals surface area (Å²) >= 11 is 0. The van der Waals surface area contributed by atoms with Crippen molar-refractivity contribution in [3.63, 3.8) is 0 Å². The highest BCUT2D eigenvalue weighted by molar-refractivity contribution is 5.83. The Bertz CT molecular complexity index is 238. The van der Waals surface area contributed by atoms with Gasteiger partial charge in [-0.3, -0.25) is 4.79 Å². The van der Waals surface area contributed by atoms with Crippen LogP contribution in [-0.4, -0.2) is 18.2 Å². The Morgan fingerprint density at radius 2 is 2.00 bits per heavy atom. The number of hydrogen-bond acceptors (Lipinski definition) is 2. The van der Waals surface area contributed by atoms with Crippen molar-refractivity contribution in [1.82, 2.24) is 5.32 Å². The maximum Gasteiger partial charge on any atom is 0.220 e. The summed E-state index contributed by atoms with van der Waals surface area (Å²) in [5.74, 6) is 1.56. The predicted octanol–water partition coefficient (Wildman–Crippen LogP) is 1.91. The average molecular weight is 211 g/mol. The van der Waals surface area contributed by atoms with Crippen LogP contribution in [0.2, 0.25) is 0 Å². The molecule has 1 fully saturated rings. The van der Waals surface area contributed by atoms with Crippen LogP contribution in [0.4, 0.5) is 0 Å². The quantitative estimate of drug-likeness (QED) is 0.755. The van der Waals surface area contributed by atoms with Crippen molar-refractivity contribution in [3.8, 4) is 0 Å². The van der Waals surface area contributed by atoms with Crippen LogP contribution < -0.4 is 5.32 Å². The molecule has 1 rings (SSSR count). The number of carbonyl (C=O) groups is 2. The van der Waals surface area contributed by atoms with Crippen LogP contribution in [0.5, 0.6) is 0 Å². The maximum absolute atomic E-state index is 11.3. The number of rotatable bonds is 5. The molecule has 0 heterocycles. The van der Waals surface area contributed by atoms with Gasteiger partial charge in [-0.25, -0.2) is 0 Å². The molecule has 3 nitrogen and oxygen atoms in total. The van der Waals surface area contributed by atoms with Gasteiger partial charge in [0.15, 0.2) is 0 Å².